The molecule has 1 aliphatic carbocycles. The molecule has 0 heterocycles. The fourth-order valence-corrected chi connectivity index (χ4v) is 1.78. The van der Waals surface area contributed by atoms with Crippen LogP contribution in [0.1, 0.15) is 18.4 Å². The molecule has 0 bridgehead atoms. The molecule has 2 unspecified atom stereocenters. The predicted molar refractivity (Wildman–Crippen MR) is 61.6 cm³/mol. The highest BCUT2D eigenvalue weighted by Gasteiger charge is 2.32. The van der Waals surface area contributed by atoms with Gasteiger partial charge in [-0.2, -0.15) is 0 Å². The van der Waals surface area contributed by atoms with Gasteiger partial charge in [0.15, 0.2) is 0 Å². The molecule has 1 saturated carbocycles. The summed E-state index contributed by atoms with van der Waals surface area (Å²) in [5.41, 5.74) is 1.12. The topological polar surface area (TPSA) is 55.8 Å². The van der Waals surface area contributed by atoms with Crippen LogP contribution in [0.25, 0.3) is 0 Å². The summed E-state index contributed by atoms with van der Waals surface area (Å²) in [7, 11) is 0. The number of aliphatic carboxylic acids is 1. The lowest BCUT2D eigenvalue weighted by Gasteiger charge is -2.35. The van der Waals surface area contributed by atoms with Gasteiger partial charge in [-0.25, -0.2) is 4.79 Å². The van der Waals surface area contributed by atoms with Crippen LogP contribution in [0.5, 0.6) is 0 Å². The van der Waals surface area contributed by atoms with E-state index >= 15 is 0 Å². The number of carboxylic acids is 1. The third kappa shape index (κ3) is 3.54. The molecule has 92 valence electrons. The van der Waals surface area contributed by atoms with Gasteiger partial charge in [0.1, 0.15) is 6.61 Å². The Hall–Kier alpha value is -1.39. The van der Waals surface area contributed by atoms with E-state index in [1.165, 1.54) is 0 Å². The van der Waals surface area contributed by atoms with Gasteiger partial charge in [-0.3, -0.25) is 0 Å². The van der Waals surface area contributed by atoms with Gasteiger partial charge in [-0.05, 0) is 18.4 Å². The molecule has 1 aliphatic rings. The SMILES string of the molecule is O=C(O)COC1CCC1OCc1ccccc1. The molecular formula is C13H16O4. The molecule has 4 heteroatoms. The fourth-order valence-electron chi connectivity index (χ4n) is 1.78. The molecule has 0 aliphatic heterocycles. The first kappa shape index (κ1) is 12.1. The second-order valence-electron chi connectivity index (χ2n) is 4.16. The number of rotatable bonds is 6. The van der Waals surface area contributed by atoms with E-state index in [0.717, 1.165) is 18.4 Å². The molecule has 0 aromatic heterocycles. The van der Waals surface area contributed by atoms with Crippen molar-refractivity contribution in [3.8, 4) is 0 Å². The summed E-state index contributed by atoms with van der Waals surface area (Å²) >= 11 is 0. The lowest BCUT2D eigenvalue weighted by Crippen LogP contribution is -2.42. The summed E-state index contributed by atoms with van der Waals surface area (Å²) in [5.74, 6) is -0.932. The van der Waals surface area contributed by atoms with E-state index in [9.17, 15) is 4.79 Å². The number of hydrogen-bond acceptors (Lipinski definition) is 3. The highest BCUT2D eigenvalue weighted by Crippen LogP contribution is 2.27. The molecular weight excluding hydrogens is 220 g/mol. The normalized spacial score (nSPS) is 23.1. The molecule has 2 atom stereocenters. The third-order valence-electron chi connectivity index (χ3n) is 2.88. The number of benzene rings is 1. The average Bonchev–Trinajstić information content (AvgIpc) is 2.29. The number of ether oxygens (including phenoxy) is 2. The van der Waals surface area contributed by atoms with E-state index in [-0.39, 0.29) is 18.8 Å². The summed E-state index contributed by atoms with van der Waals surface area (Å²) in [6, 6.07) is 9.92. The summed E-state index contributed by atoms with van der Waals surface area (Å²) in [5, 5.41) is 8.51. The van der Waals surface area contributed by atoms with Crippen molar-refractivity contribution in [3.05, 3.63) is 35.9 Å². The van der Waals surface area contributed by atoms with Gasteiger partial charge in [0.25, 0.3) is 0 Å². The van der Waals surface area contributed by atoms with Crippen molar-refractivity contribution >= 4 is 5.97 Å². The van der Waals surface area contributed by atoms with Crippen molar-refractivity contribution < 1.29 is 19.4 Å². The van der Waals surface area contributed by atoms with Crippen LogP contribution in [0.15, 0.2) is 30.3 Å². The number of carbonyl (C=O) groups is 1. The summed E-state index contributed by atoms with van der Waals surface area (Å²) < 4.78 is 10.9. The largest absolute Gasteiger partial charge is 0.480 e. The molecule has 0 amide bonds. The van der Waals surface area contributed by atoms with E-state index in [2.05, 4.69) is 0 Å². The summed E-state index contributed by atoms with van der Waals surface area (Å²) in [6.45, 7) is 0.314. The zero-order chi connectivity index (χ0) is 12.1. The molecule has 1 fully saturated rings. The van der Waals surface area contributed by atoms with Crippen LogP contribution < -0.4 is 0 Å². The lowest BCUT2D eigenvalue weighted by atomic mass is 9.92. The first-order valence-electron chi connectivity index (χ1n) is 5.74. The zero-order valence-electron chi connectivity index (χ0n) is 9.54. The van der Waals surface area contributed by atoms with Gasteiger partial charge in [0.05, 0.1) is 18.8 Å². The zero-order valence-corrected chi connectivity index (χ0v) is 9.54. The van der Waals surface area contributed by atoms with E-state index in [4.69, 9.17) is 14.6 Å². The summed E-state index contributed by atoms with van der Waals surface area (Å²) in [6.07, 6.45) is 1.80. The Morgan fingerprint density at radius 3 is 2.41 bits per heavy atom. The smallest absolute Gasteiger partial charge is 0.329 e. The van der Waals surface area contributed by atoms with Crippen molar-refractivity contribution in [2.75, 3.05) is 6.61 Å². The molecule has 17 heavy (non-hydrogen) atoms. The molecule has 1 aromatic carbocycles. The molecule has 0 spiro atoms. The van der Waals surface area contributed by atoms with Gasteiger partial charge in [-0.1, -0.05) is 30.3 Å². The van der Waals surface area contributed by atoms with Gasteiger partial charge in [0.2, 0.25) is 0 Å². The molecule has 1 aromatic rings. The van der Waals surface area contributed by atoms with Crippen LogP contribution in [0, 0.1) is 0 Å². The Bertz CT molecular complexity index is 363. The van der Waals surface area contributed by atoms with Crippen molar-refractivity contribution in [2.24, 2.45) is 0 Å². The van der Waals surface area contributed by atoms with Crippen LogP contribution in [-0.4, -0.2) is 29.9 Å². The second-order valence-corrected chi connectivity index (χ2v) is 4.16. The standard InChI is InChI=1S/C13H16O4/c14-13(15)9-17-12-7-6-11(12)16-8-10-4-2-1-3-5-10/h1-5,11-12H,6-9H2,(H,14,15). The molecule has 2 rings (SSSR count). The van der Waals surface area contributed by atoms with Crippen LogP contribution in [0.4, 0.5) is 0 Å². The maximum absolute atomic E-state index is 10.4. The summed E-state index contributed by atoms with van der Waals surface area (Å²) in [4.78, 5) is 10.4. The molecule has 4 nitrogen and oxygen atoms in total. The van der Waals surface area contributed by atoms with Gasteiger partial charge in [0, 0.05) is 0 Å². The predicted octanol–water partition coefficient (Wildman–Crippen LogP) is 1.84. The second kappa shape index (κ2) is 5.80. The Morgan fingerprint density at radius 2 is 1.82 bits per heavy atom. The molecule has 0 radical (unpaired) electrons. The minimum absolute atomic E-state index is 0.0366. The van der Waals surface area contributed by atoms with Crippen molar-refractivity contribution in [1.29, 1.82) is 0 Å². The highest BCUT2D eigenvalue weighted by atomic mass is 16.6. The van der Waals surface area contributed by atoms with E-state index in [1.807, 2.05) is 30.3 Å². The highest BCUT2D eigenvalue weighted by molar-refractivity contribution is 5.68. The molecule has 1 N–H and O–H groups in total. The Labute approximate surface area is 100 Å². The number of hydrogen-bond donors (Lipinski definition) is 1. The fraction of sp³-hybridized carbons (Fsp3) is 0.462. The van der Waals surface area contributed by atoms with E-state index in [1.54, 1.807) is 0 Å². The van der Waals surface area contributed by atoms with Crippen molar-refractivity contribution in [2.45, 2.75) is 31.7 Å². The third-order valence-corrected chi connectivity index (χ3v) is 2.88. The Balaban J connectivity index is 1.71. The van der Waals surface area contributed by atoms with Gasteiger partial charge in [-0.15, -0.1) is 0 Å². The first-order chi connectivity index (χ1) is 8.25. The van der Waals surface area contributed by atoms with Gasteiger partial charge < -0.3 is 14.6 Å². The van der Waals surface area contributed by atoms with Crippen LogP contribution in [-0.2, 0) is 20.9 Å². The minimum atomic E-state index is -0.932. The van der Waals surface area contributed by atoms with Gasteiger partial charge >= 0.3 is 5.97 Å². The van der Waals surface area contributed by atoms with Crippen LogP contribution in [0.2, 0.25) is 0 Å². The van der Waals surface area contributed by atoms with Crippen LogP contribution >= 0.6 is 0 Å². The Kier molecular flexibility index (Phi) is 4.12. The number of carboxylic acid groups (broad SMARTS) is 1. The maximum atomic E-state index is 10.4. The quantitative estimate of drug-likeness (QED) is 0.818. The van der Waals surface area contributed by atoms with E-state index in [0.29, 0.717) is 6.61 Å². The molecule has 0 saturated heterocycles. The van der Waals surface area contributed by atoms with Crippen molar-refractivity contribution in [1.82, 2.24) is 0 Å². The minimum Gasteiger partial charge on any atom is -0.480 e. The lowest BCUT2D eigenvalue weighted by molar-refractivity contribution is -0.160. The first-order valence-corrected chi connectivity index (χ1v) is 5.74. The maximum Gasteiger partial charge on any atom is 0.329 e. The Morgan fingerprint density at radius 1 is 1.18 bits per heavy atom. The average molecular weight is 236 g/mol. The monoisotopic (exact) mass is 236 g/mol. The van der Waals surface area contributed by atoms with E-state index < -0.39 is 5.97 Å². The van der Waals surface area contributed by atoms with Crippen molar-refractivity contribution in [3.63, 3.8) is 0 Å². The van der Waals surface area contributed by atoms with Crippen LogP contribution in [0.3, 0.4) is 0 Å².